The normalized spacial score (nSPS) is 18.9. The second-order valence-electron chi connectivity index (χ2n) is 11.7. The van der Waals surface area contributed by atoms with Gasteiger partial charge in [0.05, 0.1) is 25.4 Å². The maximum atomic E-state index is 13.8. The summed E-state index contributed by atoms with van der Waals surface area (Å²) in [5.74, 6) is -2.41. The molecule has 4 rings (SSSR count). The fourth-order valence-electron chi connectivity index (χ4n) is 5.45. The molecule has 0 heterocycles. The first-order chi connectivity index (χ1) is 22.1. The minimum absolute atomic E-state index is 0.0969. The number of carbonyl (C=O) groups excluding carboxylic acids is 3. The molecule has 3 aromatic carbocycles. The van der Waals surface area contributed by atoms with E-state index < -0.39 is 60.3 Å². The molecule has 3 amide bonds. The fraction of sp³-hybridized carbons (Fsp3) is 0.400. The Balaban J connectivity index is 1.60. The first-order valence-corrected chi connectivity index (χ1v) is 15.4. The maximum absolute atomic E-state index is 13.8. The fourth-order valence-corrected chi connectivity index (χ4v) is 5.45. The summed E-state index contributed by atoms with van der Waals surface area (Å²) in [6.45, 7) is 3.29. The summed E-state index contributed by atoms with van der Waals surface area (Å²) in [5.41, 5.74) is 3.01. The van der Waals surface area contributed by atoms with Crippen molar-refractivity contribution in [2.45, 2.75) is 76.1 Å². The van der Waals surface area contributed by atoms with Crippen LogP contribution >= 0.6 is 0 Å². The Labute approximate surface area is 268 Å². The lowest BCUT2D eigenvalue weighted by atomic mass is 9.98. The number of ether oxygens (including phenoxy) is 2. The Morgan fingerprint density at radius 1 is 0.761 bits per heavy atom. The molecule has 1 aliphatic carbocycles. The van der Waals surface area contributed by atoms with Gasteiger partial charge in [0.2, 0.25) is 5.91 Å². The molecule has 11 nitrogen and oxygen atoms in total. The van der Waals surface area contributed by atoms with Crippen LogP contribution in [0.15, 0.2) is 84.9 Å². The summed E-state index contributed by atoms with van der Waals surface area (Å²) in [6, 6.07) is 23.5. The van der Waals surface area contributed by atoms with Gasteiger partial charge in [-0.05, 0) is 28.2 Å². The first-order valence-electron chi connectivity index (χ1n) is 15.4. The van der Waals surface area contributed by atoms with Crippen molar-refractivity contribution in [1.29, 1.82) is 0 Å². The molecule has 0 spiro atoms. The SMILES string of the molecule is CNC(=O)[C@@H](NC(=O)[C@H](OCc1ccccc1)[C@H](O)[C@@H](O)[C@@H](OCc1ccccc1)C(=O)N[C@H]1c2ccccc2C[C@H]1O)C(C)C. The van der Waals surface area contributed by atoms with Gasteiger partial charge in [-0.15, -0.1) is 0 Å². The number of nitrogens with one attached hydrogen (secondary N) is 3. The summed E-state index contributed by atoms with van der Waals surface area (Å²) in [7, 11) is 1.44. The van der Waals surface area contributed by atoms with Crippen LogP contribution in [0.2, 0.25) is 0 Å². The van der Waals surface area contributed by atoms with Gasteiger partial charge in [0.25, 0.3) is 11.8 Å². The van der Waals surface area contributed by atoms with Crippen molar-refractivity contribution in [2.24, 2.45) is 5.92 Å². The van der Waals surface area contributed by atoms with Crippen LogP contribution in [0.5, 0.6) is 0 Å². The maximum Gasteiger partial charge on any atom is 0.252 e. The quantitative estimate of drug-likeness (QED) is 0.147. The average molecular weight is 634 g/mol. The van der Waals surface area contributed by atoms with Crippen molar-refractivity contribution in [3.05, 3.63) is 107 Å². The van der Waals surface area contributed by atoms with E-state index in [2.05, 4.69) is 16.0 Å². The average Bonchev–Trinajstić information content (AvgIpc) is 3.38. The predicted octanol–water partition coefficient (Wildman–Crippen LogP) is 1.54. The van der Waals surface area contributed by atoms with E-state index in [1.54, 1.807) is 74.5 Å². The highest BCUT2D eigenvalue weighted by Gasteiger charge is 2.43. The van der Waals surface area contributed by atoms with E-state index >= 15 is 0 Å². The van der Waals surface area contributed by atoms with E-state index in [0.717, 1.165) is 11.1 Å². The monoisotopic (exact) mass is 633 g/mol. The molecule has 0 saturated carbocycles. The lowest BCUT2D eigenvalue weighted by Crippen LogP contribution is -2.59. The van der Waals surface area contributed by atoms with Gasteiger partial charge in [-0.1, -0.05) is 98.8 Å². The third-order valence-corrected chi connectivity index (χ3v) is 8.03. The van der Waals surface area contributed by atoms with E-state index in [0.29, 0.717) is 17.5 Å². The van der Waals surface area contributed by atoms with Crippen molar-refractivity contribution in [3.8, 4) is 0 Å². The molecule has 1 aliphatic rings. The van der Waals surface area contributed by atoms with E-state index in [1.165, 1.54) is 7.05 Å². The summed E-state index contributed by atoms with van der Waals surface area (Å²) >= 11 is 0. The van der Waals surface area contributed by atoms with Crippen LogP contribution in [-0.2, 0) is 43.5 Å². The minimum Gasteiger partial charge on any atom is -0.390 e. The third-order valence-electron chi connectivity index (χ3n) is 8.03. The number of hydrogen-bond acceptors (Lipinski definition) is 8. The van der Waals surface area contributed by atoms with Crippen LogP contribution in [0.4, 0.5) is 0 Å². The number of rotatable bonds is 15. The molecular formula is C35H43N3O8. The summed E-state index contributed by atoms with van der Waals surface area (Å²) < 4.78 is 11.8. The predicted molar refractivity (Wildman–Crippen MR) is 170 cm³/mol. The lowest BCUT2D eigenvalue weighted by Gasteiger charge is -2.32. The zero-order valence-corrected chi connectivity index (χ0v) is 26.2. The van der Waals surface area contributed by atoms with Crippen molar-refractivity contribution < 1.29 is 39.2 Å². The highest BCUT2D eigenvalue weighted by Crippen LogP contribution is 2.31. The Hall–Kier alpha value is -4.13. The second kappa shape index (κ2) is 16.4. The molecule has 7 atom stereocenters. The van der Waals surface area contributed by atoms with Crippen molar-refractivity contribution >= 4 is 17.7 Å². The molecule has 46 heavy (non-hydrogen) atoms. The number of carbonyl (C=O) groups is 3. The number of hydrogen-bond donors (Lipinski definition) is 6. The Kier molecular flexibility index (Phi) is 12.4. The number of aliphatic hydroxyl groups is 3. The van der Waals surface area contributed by atoms with Crippen LogP contribution in [0, 0.1) is 5.92 Å². The summed E-state index contributed by atoms with van der Waals surface area (Å²) in [4.78, 5) is 39.9. The molecule has 6 N–H and O–H groups in total. The number of fused-ring (bicyclic) bond motifs is 1. The zero-order chi connectivity index (χ0) is 33.2. The van der Waals surface area contributed by atoms with E-state index in [1.807, 2.05) is 24.3 Å². The molecule has 0 unspecified atom stereocenters. The van der Waals surface area contributed by atoms with Gasteiger partial charge >= 0.3 is 0 Å². The molecule has 0 aliphatic heterocycles. The molecule has 11 heteroatoms. The van der Waals surface area contributed by atoms with E-state index in [4.69, 9.17) is 9.47 Å². The molecule has 0 saturated heterocycles. The smallest absolute Gasteiger partial charge is 0.252 e. The largest absolute Gasteiger partial charge is 0.390 e. The van der Waals surface area contributed by atoms with Crippen molar-refractivity contribution in [1.82, 2.24) is 16.0 Å². The van der Waals surface area contributed by atoms with Crippen LogP contribution in [0.1, 0.15) is 42.1 Å². The standard InChI is InChI=1S/C35H43N3O8/c1-21(2)27(33(42)36-3)37-34(43)31(45-19-22-12-6-4-7-13-22)29(40)30(41)32(46-20-23-14-8-5-9-15-23)35(44)38-28-25-17-11-10-16-24(25)18-26(28)39/h4-17,21,26-32,39-41H,18-20H2,1-3H3,(H,36,42)(H,37,43)(H,38,44)/t26-,27+,28+,29-,30-,31-,32-/m1/s1. The number of aliphatic hydroxyl groups excluding tert-OH is 3. The Bertz CT molecular complexity index is 1440. The molecule has 246 valence electrons. The van der Waals surface area contributed by atoms with Gasteiger partial charge in [0.1, 0.15) is 18.2 Å². The topological polar surface area (TPSA) is 166 Å². The number of likely N-dealkylation sites (N-methyl/N-ethyl adjacent to an activating group) is 1. The van der Waals surface area contributed by atoms with Gasteiger partial charge in [-0.25, -0.2) is 0 Å². The molecular weight excluding hydrogens is 590 g/mol. The lowest BCUT2D eigenvalue weighted by molar-refractivity contribution is -0.171. The van der Waals surface area contributed by atoms with Gasteiger partial charge in [-0.2, -0.15) is 0 Å². The van der Waals surface area contributed by atoms with Crippen LogP contribution in [-0.4, -0.2) is 76.7 Å². The molecule has 3 aromatic rings. The van der Waals surface area contributed by atoms with Crippen LogP contribution in [0.25, 0.3) is 0 Å². The number of benzene rings is 3. The Morgan fingerprint density at radius 2 is 1.26 bits per heavy atom. The van der Waals surface area contributed by atoms with Gasteiger partial charge in [0.15, 0.2) is 12.2 Å². The number of amides is 3. The zero-order valence-electron chi connectivity index (χ0n) is 26.2. The van der Waals surface area contributed by atoms with Crippen LogP contribution in [0.3, 0.4) is 0 Å². The highest BCUT2D eigenvalue weighted by atomic mass is 16.5. The molecule has 0 bridgehead atoms. The molecule has 0 fully saturated rings. The second-order valence-corrected chi connectivity index (χ2v) is 11.7. The van der Waals surface area contributed by atoms with E-state index in [9.17, 15) is 29.7 Å². The molecule has 0 aromatic heterocycles. The van der Waals surface area contributed by atoms with Gasteiger partial charge in [-0.3, -0.25) is 14.4 Å². The molecule has 0 radical (unpaired) electrons. The van der Waals surface area contributed by atoms with Crippen molar-refractivity contribution in [2.75, 3.05) is 7.05 Å². The summed E-state index contributed by atoms with van der Waals surface area (Å²) in [5, 5.41) is 41.7. The van der Waals surface area contributed by atoms with E-state index in [-0.39, 0.29) is 19.1 Å². The highest BCUT2D eigenvalue weighted by molar-refractivity contribution is 5.90. The third kappa shape index (κ3) is 8.77. The van der Waals surface area contributed by atoms with Gasteiger partial charge < -0.3 is 40.7 Å². The van der Waals surface area contributed by atoms with Crippen molar-refractivity contribution in [3.63, 3.8) is 0 Å². The first kappa shape index (κ1) is 34.7. The van der Waals surface area contributed by atoms with Crippen LogP contribution < -0.4 is 16.0 Å². The Morgan fingerprint density at radius 3 is 1.78 bits per heavy atom. The summed E-state index contributed by atoms with van der Waals surface area (Å²) in [6.07, 6.45) is -7.88. The van der Waals surface area contributed by atoms with Gasteiger partial charge in [0, 0.05) is 13.5 Å². The minimum atomic E-state index is -1.96.